The number of esters is 1. The van der Waals surface area contributed by atoms with Gasteiger partial charge in [0.05, 0.1) is 0 Å². The van der Waals surface area contributed by atoms with Crippen LogP contribution in [0.3, 0.4) is 0 Å². The zero-order valence-electron chi connectivity index (χ0n) is 20.8. The lowest BCUT2D eigenvalue weighted by molar-refractivity contribution is -0.136. The van der Waals surface area contributed by atoms with Crippen molar-refractivity contribution in [1.82, 2.24) is 10.3 Å². The minimum atomic E-state index is -1.02. The van der Waals surface area contributed by atoms with Crippen LogP contribution in [0.15, 0.2) is 63.9 Å². The molecule has 4 rings (SSSR count). The molecule has 188 valence electrons. The third-order valence-electron chi connectivity index (χ3n) is 5.61. The van der Waals surface area contributed by atoms with Crippen LogP contribution in [0.1, 0.15) is 45.2 Å². The number of alkyl carbamates (subject to hydrolysis) is 1. The van der Waals surface area contributed by atoms with Gasteiger partial charge in [0.15, 0.2) is 0 Å². The van der Waals surface area contributed by atoms with E-state index in [1.54, 1.807) is 32.9 Å². The highest BCUT2D eigenvalue weighted by molar-refractivity contribution is 5.88. The van der Waals surface area contributed by atoms with Crippen LogP contribution in [0.2, 0.25) is 0 Å². The summed E-state index contributed by atoms with van der Waals surface area (Å²) >= 11 is 0. The molecule has 1 atom stereocenters. The molecule has 2 N–H and O–H groups in total. The normalized spacial score (nSPS) is 12.4. The summed E-state index contributed by atoms with van der Waals surface area (Å²) in [6.45, 7) is 7.27. The Balaban J connectivity index is 1.61. The molecule has 36 heavy (non-hydrogen) atoms. The molecule has 4 aromatic rings. The summed E-state index contributed by atoms with van der Waals surface area (Å²) in [6.07, 6.45) is 2.88. The first-order chi connectivity index (χ1) is 17.1. The van der Waals surface area contributed by atoms with Gasteiger partial charge in [0.25, 0.3) is 0 Å². The molecule has 0 aliphatic rings. The van der Waals surface area contributed by atoms with Gasteiger partial charge in [-0.1, -0.05) is 31.5 Å². The van der Waals surface area contributed by atoms with E-state index < -0.39 is 29.3 Å². The van der Waals surface area contributed by atoms with Gasteiger partial charge in [-0.05, 0) is 56.5 Å². The average Bonchev–Trinajstić information content (AvgIpc) is 3.20. The summed E-state index contributed by atoms with van der Waals surface area (Å²) in [7, 11) is 0. The molecule has 0 unspecified atom stereocenters. The van der Waals surface area contributed by atoms with E-state index in [2.05, 4.69) is 10.3 Å². The zero-order chi connectivity index (χ0) is 25.9. The summed E-state index contributed by atoms with van der Waals surface area (Å²) < 4.78 is 16.3. The number of ether oxygens (including phenoxy) is 2. The Morgan fingerprint density at radius 1 is 1.06 bits per heavy atom. The first-order valence-corrected chi connectivity index (χ1v) is 12.0. The van der Waals surface area contributed by atoms with E-state index in [0.29, 0.717) is 5.58 Å². The van der Waals surface area contributed by atoms with Gasteiger partial charge >= 0.3 is 17.7 Å². The molecule has 0 aliphatic heterocycles. The molecule has 0 aliphatic carbocycles. The summed E-state index contributed by atoms with van der Waals surface area (Å²) in [5, 5.41) is 4.38. The van der Waals surface area contributed by atoms with Gasteiger partial charge in [-0.25, -0.2) is 14.4 Å². The number of amides is 1. The van der Waals surface area contributed by atoms with Crippen molar-refractivity contribution < 1.29 is 23.5 Å². The van der Waals surface area contributed by atoms with Gasteiger partial charge in [-0.2, -0.15) is 0 Å². The minimum Gasteiger partial charge on any atom is -0.444 e. The number of H-pyrrole nitrogens is 1. The fourth-order valence-electron chi connectivity index (χ4n) is 4.10. The SMILES string of the molecule is CCCc1cc(=O)oc2cc(OC(=O)[C@H](Cc3c[nH]c4ccccc34)NC(=O)OC(C)(C)C)ccc12. The molecule has 0 saturated carbocycles. The third kappa shape index (κ3) is 5.94. The monoisotopic (exact) mass is 490 g/mol. The summed E-state index contributed by atoms with van der Waals surface area (Å²) in [4.78, 5) is 41.0. The lowest BCUT2D eigenvalue weighted by Gasteiger charge is -2.23. The van der Waals surface area contributed by atoms with Gasteiger partial charge in [-0.15, -0.1) is 0 Å². The van der Waals surface area contributed by atoms with Crippen molar-refractivity contribution in [2.45, 2.75) is 58.6 Å². The Morgan fingerprint density at radius 2 is 1.83 bits per heavy atom. The largest absolute Gasteiger partial charge is 0.444 e. The van der Waals surface area contributed by atoms with Crippen LogP contribution >= 0.6 is 0 Å². The third-order valence-corrected chi connectivity index (χ3v) is 5.61. The predicted molar refractivity (Wildman–Crippen MR) is 137 cm³/mol. The van der Waals surface area contributed by atoms with Crippen LogP contribution in [-0.4, -0.2) is 28.7 Å². The van der Waals surface area contributed by atoms with E-state index in [1.807, 2.05) is 37.4 Å². The number of benzene rings is 2. The van der Waals surface area contributed by atoms with Gasteiger partial charge in [-0.3, -0.25) is 0 Å². The van der Waals surface area contributed by atoms with Crippen LogP contribution < -0.4 is 15.7 Å². The Bertz CT molecular complexity index is 1460. The summed E-state index contributed by atoms with van der Waals surface area (Å²) in [5.74, 6) is -0.461. The van der Waals surface area contributed by atoms with Crippen molar-refractivity contribution in [2.75, 3.05) is 0 Å². The molecular weight excluding hydrogens is 460 g/mol. The highest BCUT2D eigenvalue weighted by atomic mass is 16.6. The number of aromatic nitrogens is 1. The van der Waals surface area contributed by atoms with Crippen LogP contribution in [0.25, 0.3) is 21.9 Å². The second kappa shape index (κ2) is 10.3. The Kier molecular flexibility index (Phi) is 7.15. The number of aromatic amines is 1. The molecule has 2 aromatic heterocycles. The van der Waals surface area contributed by atoms with Crippen molar-refractivity contribution in [2.24, 2.45) is 0 Å². The Labute approximate surface area is 208 Å². The first-order valence-electron chi connectivity index (χ1n) is 12.0. The van der Waals surface area contributed by atoms with Gasteiger partial charge in [0.1, 0.15) is 23.0 Å². The molecule has 2 aromatic carbocycles. The molecule has 0 saturated heterocycles. The topological polar surface area (TPSA) is 111 Å². The second-order valence-electron chi connectivity index (χ2n) is 9.68. The maximum atomic E-state index is 13.3. The van der Waals surface area contributed by atoms with Crippen molar-refractivity contribution in [3.63, 3.8) is 0 Å². The van der Waals surface area contributed by atoms with Crippen LogP contribution in [0.4, 0.5) is 4.79 Å². The van der Waals surface area contributed by atoms with E-state index >= 15 is 0 Å². The fourth-order valence-corrected chi connectivity index (χ4v) is 4.10. The summed E-state index contributed by atoms with van der Waals surface area (Å²) in [5.41, 5.74) is 1.79. The van der Waals surface area contributed by atoms with Crippen LogP contribution in [-0.2, 0) is 22.4 Å². The number of aryl methyl sites for hydroxylation is 1. The van der Waals surface area contributed by atoms with Crippen molar-refractivity contribution in [3.05, 3.63) is 76.3 Å². The average molecular weight is 491 g/mol. The van der Waals surface area contributed by atoms with Crippen molar-refractivity contribution >= 4 is 33.9 Å². The number of carbonyl (C=O) groups is 2. The molecule has 2 heterocycles. The lowest BCUT2D eigenvalue weighted by atomic mass is 10.0. The number of fused-ring (bicyclic) bond motifs is 2. The molecule has 1 amide bonds. The molecule has 8 heteroatoms. The highest BCUT2D eigenvalue weighted by Gasteiger charge is 2.27. The number of hydrogen-bond donors (Lipinski definition) is 2. The Morgan fingerprint density at radius 3 is 2.58 bits per heavy atom. The number of nitrogens with one attached hydrogen (secondary N) is 2. The molecule has 0 fully saturated rings. The van der Waals surface area contributed by atoms with Gasteiger partial charge in [0, 0.05) is 41.0 Å². The second-order valence-corrected chi connectivity index (χ2v) is 9.68. The highest BCUT2D eigenvalue weighted by Crippen LogP contribution is 2.25. The Hall–Kier alpha value is -4.07. The smallest absolute Gasteiger partial charge is 0.408 e. The maximum absolute atomic E-state index is 13.3. The number of rotatable bonds is 7. The van der Waals surface area contributed by atoms with E-state index in [1.165, 1.54) is 12.1 Å². The van der Waals surface area contributed by atoms with Crippen molar-refractivity contribution in [3.8, 4) is 5.75 Å². The van der Waals surface area contributed by atoms with E-state index in [4.69, 9.17) is 13.9 Å². The molecular formula is C28H30N2O6. The molecule has 8 nitrogen and oxygen atoms in total. The summed E-state index contributed by atoms with van der Waals surface area (Å²) in [6, 6.07) is 13.1. The van der Waals surface area contributed by atoms with Gasteiger partial charge in [0.2, 0.25) is 0 Å². The lowest BCUT2D eigenvalue weighted by Crippen LogP contribution is -2.46. The maximum Gasteiger partial charge on any atom is 0.408 e. The molecule has 0 spiro atoms. The van der Waals surface area contributed by atoms with E-state index in [9.17, 15) is 14.4 Å². The van der Waals surface area contributed by atoms with Crippen LogP contribution in [0.5, 0.6) is 5.75 Å². The van der Waals surface area contributed by atoms with Crippen LogP contribution in [0, 0.1) is 0 Å². The first kappa shape index (κ1) is 25.0. The van der Waals surface area contributed by atoms with Gasteiger partial charge < -0.3 is 24.2 Å². The fraction of sp³-hybridized carbons (Fsp3) is 0.321. The van der Waals surface area contributed by atoms with Crippen molar-refractivity contribution in [1.29, 1.82) is 0 Å². The van der Waals surface area contributed by atoms with E-state index in [-0.39, 0.29) is 12.2 Å². The molecule has 0 bridgehead atoms. The number of hydrogen-bond acceptors (Lipinski definition) is 6. The number of carbonyl (C=O) groups excluding carboxylic acids is 2. The standard InChI is InChI=1S/C28H30N2O6/c1-5-8-17-14-25(31)35-24-15-19(11-12-21(17)24)34-26(32)23(30-27(33)36-28(2,3)4)13-18-16-29-22-10-7-6-9-20(18)22/h6-7,9-12,14-16,23,29H,5,8,13H2,1-4H3,(H,30,33)/t23-/m0/s1. The van der Waals surface area contributed by atoms with E-state index in [0.717, 1.165) is 40.3 Å². The molecule has 0 radical (unpaired) electrons. The minimum absolute atomic E-state index is 0.186. The zero-order valence-corrected chi connectivity index (χ0v) is 20.8. The quantitative estimate of drug-likeness (QED) is 0.207. The number of para-hydroxylation sites is 1. The predicted octanol–water partition coefficient (Wildman–Crippen LogP) is 5.27.